The number of aromatic nitrogens is 1. The van der Waals surface area contributed by atoms with Gasteiger partial charge in [-0.25, -0.2) is 9.79 Å². The number of hydrogen-bond donors (Lipinski definition) is 0. The molecule has 152 valence electrons. The van der Waals surface area contributed by atoms with Crippen molar-refractivity contribution in [2.45, 2.75) is 13.0 Å². The molecule has 0 bridgehead atoms. The molecule has 3 aromatic rings. The third kappa shape index (κ3) is 3.62. The fourth-order valence-electron chi connectivity index (χ4n) is 3.40. The van der Waals surface area contributed by atoms with Gasteiger partial charge in [0.15, 0.2) is 4.80 Å². The molecule has 0 fully saturated rings. The first-order valence-electron chi connectivity index (χ1n) is 9.01. The van der Waals surface area contributed by atoms with E-state index in [4.69, 9.17) is 27.9 Å². The summed E-state index contributed by atoms with van der Waals surface area (Å²) >= 11 is 13.3. The van der Waals surface area contributed by atoms with Crippen LogP contribution >= 0.6 is 34.5 Å². The summed E-state index contributed by atoms with van der Waals surface area (Å²) in [7, 11) is 1.32. The van der Waals surface area contributed by atoms with E-state index in [2.05, 4.69) is 4.99 Å². The molecule has 1 aromatic heterocycles. The molecule has 2 heterocycles. The minimum Gasteiger partial charge on any atom is -0.466 e. The Morgan fingerprint density at radius 2 is 1.90 bits per heavy atom. The smallest absolute Gasteiger partial charge is 0.338 e. The van der Waals surface area contributed by atoms with Gasteiger partial charge in [0.25, 0.3) is 5.56 Å². The van der Waals surface area contributed by atoms with Crippen LogP contribution in [0.3, 0.4) is 0 Å². The zero-order chi connectivity index (χ0) is 21.4. The number of methoxy groups -OCH3 is 1. The Balaban J connectivity index is 1.97. The van der Waals surface area contributed by atoms with Gasteiger partial charge in [0.05, 0.1) is 39.0 Å². The zero-order valence-electron chi connectivity index (χ0n) is 16.1. The second-order valence-corrected chi connectivity index (χ2v) is 8.48. The third-order valence-corrected chi connectivity index (χ3v) is 6.51. The van der Waals surface area contributed by atoms with Crippen molar-refractivity contribution in [3.63, 3.8) is 0 Å². The van der Waals surface area contributed by atoms with Crippen LogP contribution in [0.25, 0.3) is 6.08 Å². The van der Waals surface area contributed by atoms with Gasteiger partial charge in [0.2, 0.25) is 0 Å². The average Bonchev–Trinajstić information content (AvgIpc) is 3.04. The number of thiazole rings is 1. The van der Waals surface area contributed by atoms with Crippen molar-refractivity contribution in [2.75, 3.05) is 7.11 Å². The Labute approximate surface area is 186 Å². The molecule has 5 nitrogen and oxygen atoms in total. The first-order valence-corrected chi connectivity index (χ1v) is 10.6. The first-order chi connectivity index (χ1) is 14.4. The topological polar surface area (TPSA) is 60.7 Å². The van der Waals surface area contributed by atoms with E-state index in [9.17, 15) is 9.59 Å². The standard InChI is InChI=1S/C22H16Cl2N2O3S/c1-12-18(21(28)29-2)19(14-6-4-3-5-7-14)26-20(27)17(30-22(26)25-12)11-13-8-9-15(23)16(24)10-13/h3-11,19H,1-2H3/b17-11+/t19-/m1/s1. The first kappa shape index (κ1) is 20.6. The van der Waals surface area contributed by atoms with Crippen LogP contribution in [0.4, 0.5) is 0 Å². The van der Waals surface area contributed by atoms with Crippen LogP contribution < -0.4 is 14.9 Å². The molecule has 0 amide bonds. The molecule has 0 spiro atoms. The highest BCUT2D eigenvalue weighted by atomic mass is 35.5. The summed E-state index contributed by atoms with van der Waals surface area (Å²) in [5, 5.41) is 0.849. The van der Waals surface area contributed by atoms with Gasteiger partial charge in [-0.15, -0.1) is 0 Å². The predicted octanol–water partition coefficient (Wildman–Crippen LogP) is 3.72. The van der Waals surface area contributed by atoms with Gasteiger partial charge >= 0.3 is 5.97 Å². The number of fused-ring (bicyclic) bond motifs is 1. The van der Waals surface area contributed by atoms with Gasteiger partial charge < -0.3 is 4.74 Å². The van der Waals surface area contributed by atoms with Crippen molar-refractivity contribution in [3.05, 3.63) is 101 Å². The quantitative estimate of drug-likeness (QED) is 0.561. The Morgan fingerprint density at radius 1 is 1.17 bits per heavy atom. The number of carbonyl (C=O) groups is 1. The van der Waals surface area contributed by atoms with Crippen LogP contribution in [0.15, 0.2) is 69.6 Å². The van der Waals surface area contributed by atoms with Crippen LogP contribution in [0.5, 0.6) is 0 Å². The van der Waals surface area contributed by atoms with Crippen LogP contribution in [-0.2, 0) is 9.53 Å². The molecule has 1 aliphatic rings. The molecule has 2 aromatic carbocycles. The lowest BCUT2D eigenvalue weighted by atomic mass is 9.96. The summed E-state index contributed by atoms with van der Waals surface area (Å²) < 4.78 is 7.01. The van der Waals surface area contributed by atoms with E-state index in [1.54, 1.807) is 35.8 Å². The molecule has 30 heavy (non-hydrogen) atoms. The van der Waals surface area contributed by atoms with Crippen molar-refractivity contribution >= 4 is 46.6 Å². The molecule has 1 atom stereocenters. The number of nitrogens with zero attached hydrogens (tertiary/aromatic N) is 2. The highest BCUT2D eigenvalue weighted by Crippen LogP contribution is 2.30. The van der Waals surface area contributed by atoms with Gasteiger partial charge in [-0.1, -0.05) is 70.9 Å². The summed E-state index contributed by atoms with van der Waals surface area (Å²) in [5.41, 5.74) is 2.17. The Bertz CT molecular complexity index is 1360. The highest BCUT2D eigenvalue weighted by Gasteiger charge is 2.32. The molecular weight excluding hydrogens is 443 g/mol. The molecule has 0 radical (unpaired) electrons. The van der Waals surface area contributed by atoms with E-state index in [-0.39, 0.29) is 5.56 Å². The maximum atomic E-state index is 13.4. The maximum Gasteiger partial charge on any atom is 0.338 e. The lowest BCUT2D eigenvalue weighted by Crippen LogP contribution is -2.39. The molecule has 8 heteroatoms. The van der Waals surface area contributed by atoms with Crippen molar-refractivity contribution in [3.8, 4) is 0 Å². The Kier molecular flexibility index (Phi) is 5.64. The van der Waals surface area contributed by atoms with Crippen LogP contribution in [0, 0.1) is 0 Å². The molecule has 0 unspecified atom stereocenters. The van der Waals surface area contributed by atoms with E-state index in [0.29, 0.717) is 30.6 Å². The number of hydrogen-bond acceptors (Lipinski definition) is 5. The number of benzene rings is 2. The largest absolute Gasteiger partial charge is 0.466 e. The summed E-state index contributed by atoms with van der Waals surface area (Å²) in [6.45, 7) is 1.75. The molecule has 0 saturated carbocycles. The highest BCUT2D eigenvalue weighted by molar-refractivity contribution is 7.07. The second-order valence-electron chi connectivity index (χ2n) is 6.66. The van der Waals surface area contributed by atoms with E-state index < -0.39 is 12.0 Å². The molecular formula is C22H16Cl2N2O3S. The van der Waals surface area contributed by atoms with Gasteiger partial charge in [0, 0.05) is 0 Å². The minimum absolute atomic E-state index is 0.243. The second kappa shape index (κ2) is 8.22. The lowest BCUT2D eigenvalue weighted by molar-refractivity contribution is -0.136. The van der Waals surface area contributed by atoms with Crippen LogP contribution in [-0.4, -0.2) is 17.6 Å². The molecule has 0 aliphatic carbocycles. The van der Waals surface area contributed by atoms with E-state index in [0.717, 1.165) is 11.1 Å². The molecule has 1 aliphatic heterocycles. The van der Waals surface area contributed by atoms with Crippen molar-refractivity contribution in [1.82, 2.24) is 4.57 Å². The van der Waals surface area contributed by atoms with Crippen LogP contribution in [0.2, 0.25) is 10.0 Å². The fourth-order valence-corrected chi connectivity index (χ4v) is 4.75. The summed E-state index contributed by atoms with van der Waals surface area (Å²) in [6.07, 6.45) is 1.74. The third-order valence-electron chi connectivity index (χ3n) is 4.78. The number of halogens is 2. The zero-order valence-corrected chi connectivity index (χ0v) is 18.4. The SMILES string of the molecule is COC(=O)C1=C(C)N=c2s/c(=C/c3ccc(Cl)c(Cl)c3)c(=O)n2[C@@H]1c1ccccc1. The number of ether oxygens (including phenoxy) is 1. The summed E-state index contributed by atoms with van der Waals surface area (Å²) in [6, 6.07) is 13.9. The monoisotopic (exact) mass is 458 g/mol. The number of rotatable bonds is 3. The fraction of sp³-hybridized carbons (Fsp3) is 0.136. The molecule has 0 saturated heterocycles. The van der Waals surface area contributed by atoms with Crippen molar-refractivity contribution < 1.29 is 9.53 Å². The van der Waals surface area contributed by atoms with Gasteiger partial charge in [-0.3, -0.25) is 9.36 Å². The molecule has 0 N–H and O–H groups in total. The van der Waals surface area contributed by atoms with Crippen molar-refractivity contribution in [1.29, 1.82) is 0 Å². The van der Waals surface area contributed by atoms with Gasteiger partial charge in [-0.05, 0) is 36.3 Å². The van der Waals surface area contributed by atoms with Crippen molar-refractivity contribution in [2.24, 2.45) is 4.99 Å². The Hall–Kier alpha value is -2.67. The average molecular weight is 459 g/mol. The van der Waals surface area contributed by atoms with Gasteiger partial charge in [-0.2, -0.15) is 0 Å². The van der Waals surface area contributed by atoms with Crippen LogP contribution in [0.1, 0.15) is 24.1 Å². The Morgan fingerprint density at radius 3 is 2.57 bits per heavy atom. The number of esters is 1. The summed E-state index contributed by atoms with van der Waals surface area (Å²) in [5.74, 6) is -0.510. The van der Waals surface area contributed by atoms with E-state index in [1.165, 1.54) is 18.4 Å². The normalized spacial score (nSPS) is 16.3. The molecule has 4 rings (SSSR count). The minimum atomic E-state index is -0.620. The summed E-state index contributed by atoms with van der Waals surface area (Å²) in [4.78, 5) is 31.0. The van der Waals surface area contributed by atoms with Gasteiger partial charge in [0.1, 0.15) is 0 Å². The number of carbonyl (C=O) groups excluding carboxylic acids is 1. The lowest BCUT2D eigenvalue weighted by Gasteiger charge is -2.24. The number of allylic oxidation sites excluding steroid dienone is 1. The maximum absolute atomic E-state index is 13.4. The van der Waals surface area contributed by atoms with E-state index >= 15 is 0 Å². The van der Waals surface area contributed by atoms with E-state index in [1.807, 2.05) is 30.3 Å². The predicted molar refractivity (Wildman–Crippen MR) is 119 cm³/mol.